The van der Waals surface area contributed by atoms with Gasteiger partial charge in [0.05, 0.1) is 26.4 Å². The Bertz CT molecular complexity index is 1790. The molecule has 0 aliphatic rings. The van der Waals surface area contributed by atoms with Crippen LogP contribution in [0.2, 0.25) is 0 Å². The largest absolute Gasteiger partial charge is 0.472 e. The van der Waals surface area contributed by atoms with E-state index >= 15 is 0 Å². The van der Waals surface area contributed by atoms with Crippen LogP contribution >= 0.6 is 15.6 Å². The van der Waals surface area contributed by atoms with Gasteiger partial charge in [0.1, 0.15) is 19.3 Å². The molecular formula is C72H140O17P2. The van der Waals surface area contributed by atoms with Crippen LogP contribution in [0.5, 0.6) is 0 Å². The van der Waals surface area contributed by atoms with E-state index in [0.29, 0.717) is 25.7 Å². The molecule has 6 atom stereocenters. The number of carbonyl (C=O) groups excluding carboxylic acids is 4. The zero-order chi connectivity index (χ0) is 67.3. The van der Waals surface area contributed by atoms with E-state index in [1.54, 1.807) is 0 Å². The van der Waals surface area contributed by atoms with Crippen molar-refractivity contribution in [3.63, 3.8) is 0 Å². The monoisotopic (exact) mass is 1340 g/mol. The SMILES string of the molecule is CCCCCCCCCCCCCCCCCCC(=O)O[C@H](COC(=O)CCCCCCCCCCCC(C)C)COP(=O)(O)OC[C@@H](O)COP(=O)(O)OC[C@@H](COC(=O)CCCCCCCCCCC(C)C)OC(=O)CCCCCCCCCCC(C)CC. The Balaban J connectivity index is 5.26. The predicted octanol–water partition coefficient (Wildman–Crippen LogP) is 20.6. The summed E-state index contributed by atoms with van der Waals surface area (Å²) in [6.07, 6.45) is 47.1. The van der Waals surface area contributed by atoms with Gasteiger partial charge in [0, 0.05) is 25.7 Å². The Morgan fingerprint density at radius 1 is 0.319 bits per heavy atom. The number of aliphatic hydroxyl groups excluding tert-OH is 1. The summed E-state index contributed by atoms with van der Waals surface area (Å²) in [5.41, 5.74) is 0. The molecule has 19 heteroatoms. The van der Waals surface area contributed by atoms with Crippen LogP contribution in [0, 0.1) is 17.8 Å². The molecule has 0 amide bonds. The molecule has 540 valence electrons. The Kier molecular flexibility index (Phi) is 61.5. The Morgan fingerprint density at radius 3 is 0.835 bits per heavy atom. The van der Waals surface area contributed by atoms with E-state index in [9.17, 15) is 43.2 Å². The van der Waals surface area contributed by atoms with Gasteiger partial charge in [-0.2, -0.15) is 0 Å². The molecule has 0 radical (unpaired) electrons. The van der Waals surface area contributed by atoms with Gasteiger partial charge in [-0.05, 0) is 43.4 Å². The maximum Gasteiger partial charge on any atom is 0.472 e. The third kappa shape index (κ3) is 65.1. The zero-order valence-corrected chi connectivity index (χ0v) is 61.1. The van der Waals surface area contributed by atoms with Crippen molar-refractivity contribution in [2.24, 2.45) is 17.8 Å². The average Bonchev–Trinajstić information content (AvgIpc) is 3.50. The summed E-state index contributed by atoms with van der Waals surface area (Å²) < 4.78 is 68.4. The molecule has 17 nitrogen and oxygen atoms in total. The van der Waals surface area contributed by atoms with Gasteiger partial charge >= 0.3 is 39.5 Å². The Labute approximate surface area is 556 Å². The van der Waals surface area contributed by atoms with Crippen LogP contribution in [-0.4, -0.2) is 96.7 Å². The highest BCUT2D eigenvalue weighted by atomic mass is 31.2. The minimum absolute atomic E-state index is 0.104. The van der Waals surface area contributed by atoms with Crippen LogP contribution in [0.4, 0.5) is 0 Å². The summed E-state index contributed by atoms with van der Waals surface area (Å²) in [5, 5.41) is 10.6. The minimum atomic E-state index is -4.95. The summed E-state index contributed by atoms with van der Waals surface area (Å²) in [6, 6.07) is 0. The van der Waals surface area contributed by atoms with Gasteiger partial charge in [-0.15, -0.1) is 0 Å². The summed E-state index contributed by atoms with van der Waals surface area (Å²) in [7, 11) is -9.91. The lowest BCUT2D eigenvalue weighted by molar-refractivity contribution is -0.161. The van der Waals surface area contributed by atoms with Crippen molar-refractivity contribution in [2.75, 3.05) is 39.6 Å². The van der Waals surface area contributed by atoms with Gasteiger partial charge in [-0.1, -0.05) is 312 Å². The number of phosphoric acid groups is 2. The molecule has 0 aromatic carbocycles. The molecule has 0 saturated carbocycles. The van der Waals surface area contributed by atoms with Crippen molar-refractivity contribution >= 4 is 39.5 Å². The standard InChI is InChI=1S/C72H140O17P2/c1-8-10-11-12-13-14-15-16-17-18-19-20-23-34-41-48-55-71(76)88-67(59-82-69(74)53-46-39-32-24-21-22-29-36-43-50-63(3)4)61-86-90(78,79)84-57-66(73)58-85-91(80,81)87-62-68(60-83-70(75)54-47-40-33-27-25-30-37-44-51-64(5)6)89-72(77)56-49-42-35-28-26-31-38-45-52-65(7)9-2/h63-68,73H,8-62H2,1-7H3,(H,78,79)(H,80,81)/t65?,66-,67-,68-/m1/s1. The van der Waals surface area contributed by atoms with E-state index in [2.05, 4.69) is 48.5 Å². The highest BCUT2D eigenvalue weighted by Gasteiger charge is 2.30. The average molecular weight is 1340 g/mol. The molecule has 0 aromatic heterocycles. The first-order chi connectivity index (χ1) is 43.8. The number of aliphatic hydroxyl groups is 1. The van der Waals surface area contributed by atoms with Gasteiger partial charge in [-0.25, -0.2) is 9.13 Å². The van der Waals surface area contributed by atoms with Crippen LogP contribution in [-0.2, 0) is 65.4 Å². The van der Waals surface area contributed by atoms with Gasteiger partial charge in [-0.3, -0.25) is 37.3 Å². The van der Waals surface area contributed by atoms with Crippen molar-refractivity contribution in [1.82, 2.24) is 0 Å². The fourth-order valence-electron chi connectivity index (χ4n) is 10.9. The van der Waals surface area contributed by atoms with Crippen LogP contribution in [0.15, 0.2) is 0 Å². The van der Waals surface area contributed by atoms with E-state index in [1.807, 2.05) is 0 Å². The zero-order valence-electron chi connectivity index (χ0n) is 59.3. The molecule has 3 N–H and O–H groups in total. The summed E-state index contributed by atoms with van der Waals surface area (Å²) >= 11 is 0. The third-order valence-corrected chi connectivity index (χ3v) is 18.9. The first kappa shape index (κ1) is 89.1. The van der Waals surface area contributed by atoms with E-state index < -0.39 is 97.5 Å². The second-order valence-corrected chi connectivity index (χ2v) is 30.1. The van der Waals surface area contributed by atoms with Gasteiger partial charge in [0.15, 0.2) is 12.2 Å². The van der Waals surface area contributed by atoms with E-state index in [1.165, 1.54) is 173 Å². The van der Waals surface area contributed by atoms with Crippen molar-refractivity contribution in [3.05, 3.63) is 0 Å². The highest BCUT2D eigenvalue weighted by molar-refractivity contribution is 7.47. The summed E-state index contributed by atoms with van der Waals surface area (Å²) in [5.74, 6) is 0.115. The van der Waals surface area contributed by atoms with E-state index in [-0.39, 0.29) is 25.7 Å². The lowest BCUT2D eigenvalue weighted by Crippen LogP contribution is -2.30. The smallest absolute Gasteiger partial charge is 0.462 e. The van der Waals surface area contributed by atoms with Crippen LogP contribution < -0.4 is 0 Å². The van der Waals surface area contributed by atoms with Crippen molar-refractivity contribution < 1.29 is 80.2 Å². The van der Waals surface area contributed by atoms with Gasteiger partial charge < -0.3 is 33.8 Å². The molecule has 0 rings (SSSR count). The number of hydrogen-bond donors (Lipinski definition) is 3. The quantitative estimate of drug-likeness (QED) is 0.0222. The minimum Gasteiger partial charge on any atom is -0.462 e. The van der Waals surface area contributed by atoms with E-state index in [0.717, 1.165) is 108 Å². The van der Waals surface area contributed by atoms with E-state index in [4.69, 9.17) is 37.0 Å². The molecule has 91 heavy (non-hydrogen) atoms. The first-order valence-electron chi connectivity index (χ1n) is 37.4. The molecule has 0 saturated heterocycles. The van der Waals surface area contributed by atoms with Crippen LogP contribution in [0.1, 0.15) is 363 Å². The molecule has 0 aliphatic heterocycles. The van der Waals surface area contributed by atoms with Crippen LogP contribution in [0.25, 0.3) is 0 Å². The fourth-order valence-corrected chi connectivity index (χ4v) is 12.4. The predicted molar refractivity (Wildman–Crippen MR) is 368 cm³/mol. The molecule has 0 aliphatic carbocycles. The van der Waals surface area contributed by atoms with Crippen molar-refractivity contribution in [2.45, 2.75) is 381 Å². The lowest BCUT2D eigenvalue weighted by Gasteiger charge is -2.21. The van der Waals surface area contributed by atoms with Crippen LogP contribution in [0.3, 0.4) is 0 Å². The number of phosphoric ester groups is 2. The first-order valence-corrected chi connectivity index (χ1v) is 40.4. The number of ether oxygens (including phenoxy) is 4. The maximum atomic E-state index is 13.0. The molecule has 0 spiro atoms. The van der Waals surface area contributed by atoms with Gasteiger partial charge in [0.2, 0.25) is 0 Å². The molecule has 0 fully saturated rings. The number of carbonyl (C=O) groups is 4. The Hall–Kier alpha value is -1.94. The van der Waals surface area contributed by atoms with Gasteiger partial charge in [0.25, 0.3) is 0 Å². The van der Waals surface area contributed by atoms with Crippen molar-refractivity contribution in [3.8, 4) is 0 Å². The number of rotatable bonds is 70. The molecule has 0 aromatic rings. The molecular weight excluding hydrogens is 1200 g/mol. The molecule has 0 heterocycles. The topological polar surface area (TPSA) is 237 Å². The number of hydrogen-bond acceptors (Lipinski definition) is 15. The molecule has 3 unspecified atom stereocenters. The third-order valence-electron chi connectivity index (χ3n) is 17.0. The normalized spacial score (nSPS) is 14.5. The fraction of sp³-hybridized carbons (Fsp3) is 0.944. The number of esters is 4. The number of unbranched alkanes of at least 4 members (excludes halogenated alkanes) is 37. The second-order valence-electron chi connectivity index (χ2n) is 27.2. The maximum absolute atomic E-state index is 13.0. The van der Waals surface area contributed by atoms with Crippen molar-refractivity contribution in [1.29, 1.82) is 0 Å². The lowest BCUT2D eigenvalue weighted by atomic mass is 9.99. The summed E-state index contributed by atoms with van der Waals surface area (Å²) in [6.45, 7) is 11.8. The summed E-state index contributed by atoms with van der Waals surface area (Å²) in [4.78, 5) is 72.6. The second kappa shape index (κ2) is 62.8. The highest BCUT2D eigenvalue weighted by Crippen LogP contribution is 2.45. The molecule has 0 bridgehead atoms. The Morgan fingerprint density at radius 2 is 0.560 bits per heavy atom.